The van der Waals surface area contributed by atoms with E-state index >= 15 is 0 Å². The van der Waals surface area contributed by atoms with Crippen molar-refractivity contribution >= 4 is 21.7 Å². The minimum atomic E-state index is -3.74. The van der Waals surface area contributed by atoms with Crippen molar-refractivity contribution in [2.45, 2.75) is 31.3 Å². The summed E-state index contributed by atoms with van der Waals surface area (Å²) < 4.78 is 29.9. The Labute approximate surface area is 205 Å². The van der Waals surface area contributed by atoms with Crippen LogP contribution in [0.15, 0.2) is 90.0 Å². The van der Waals surface area contributed by atoms with Gasteiger partial charge in [-0.25, -0.2) is 13.1 Å². The second-order valence-corrected chi connectivity index (χ2v) is 10.6. The molecule has 8 heteroatoms. The van der Waals surface area contributed by atoms with Crippen LogP contribution in [0.3, 0.4) is 0 Å². The molecule has 0 saturated carbocycles. The van der Waals surface area contributed by atoms with E-state index in [-0.39, 0.29) is 10.5 Å². The molecule has 1 aliphatic rings. The Kier molecular flexibility index (Phi) is 6.23. The van der Waals surface area contributed by atoms with Gasteiger partial charge in [-0.05, 0) is 48.2 Å². The summed E-state index contributed by atoms with van der Waals surface area (Å²) in [6.45, 7) is 3.27. The number of benzene rings is 3. The van der Waals surface area contributed by atoms with E-state index in [0.717, 1.165) is 16.7 Å². The van der Waals surface area contributed by atoms with Crippen molar-refractivity contribution in [1.29, 1.82) is 0 Å². The van der Waals surface area contributed by atoms with Gasteiger partial charge in [0.25, 0.3) is 5.91 Å². The van der Waals surface area contributed by atoms with Crippen LogP contribution in [0, 0.1) is 6.92 Å². The number of hydrogen-bond acceptors (Lipinski definition) is 4. The molecule has 178 valence electrons. The summed E-state index contributed by atoms with van der Waals surface area (Å²) in [4.78, 5) is 13.1. The summed E-state index contributed by atoms with van der Waals surface area (Å²) in [5.74, 6) is 0.148. The van der Waals surface area contributed by atoms with E-state index < -0.39 is 15.9 Å². The first-order valence-electron chi connectivity index (χ1n) is 11.5. The fraction of sp³-hybridized carbons (Fsp3) is 0.185. The van der Waals surface area contributed by atoms with Crippen LogP contribution in [-0.2, 0) is 29.5 Å². The molecule has 0 radical (unpaired) electrons. The number of nitrogens with one attached hydrogen (secondary N) is 1. The first-order chi connectivity index (χ1) is 16.9. The predicted octanol–water partition coefficient (Wildman–Crippen LogP) is 4.24. The van der Waals surface area contributed by atoms with Gasteiger partial charge in [-0.3, -0.25) is 4.79 Å². The van der Waals surface area contributed by atoms with Crippen LogP contribution in [0.2, 0.25) is 0 Å². The van der Waals surface area contributed by atoms with Crippen molar-refractivity contribution in [3.8, 4) is 0 Å². The zero-order chi connectivity index (χ0) is 24.4. The maximum absolute atomic E-state index is 13.4. The minimum absolute atomic E-state index is 0.109. The Morgan fingerprint density at radius 2 is 1.77 bits per heavy atom. The lowest BCUT2D eigenvalue weighted by atomic mass is 10.0. The van der Waals surface area contributed by atoms with Crippen molar-refractivity contribution in [2.24, 2.45) is 0 Å². The molecule has 1 amide bonds. The predicted molar refractivity (Wildman–Crippen MR) is 135 cm³/mol. The van der Waals surface area contributed by atoms with E-state index in [1.807, 2.05) is 49.4 Å². The zero-order valence-electron chi connectivity index (χ0n) is 19.4. The SMILES string of the molecule is Cc1cccc(Cn2nccc2NC(=O)c2cccc(S(=O)(=O)N3CCc4ccccc4C3)c2)c1. The van der Waals surface area contributed by atoms with Gasteiger partial charge < -0.3 is 5.32 Å². The quantitative estimate of drug-likeness (QED) is 0.442. The molecule has 0 aliphatic carbocycles. The molecule has 5 rings (SSSR count). The largest absolute Gasteiger partial charge is 0.307 e. The molecule has 0 unspecified atom stereocenters. The lowest BCUT2D eigenvalue weighted by molar-refractivity contribution is 0.102. The van der Waals surface area contributed by atoms with Gasteiger partial charge in [-0.2, -0.15) is 9.40 Å². The third-order valence-electron chi connectivity index (χ3n) is 6.20. The molecule has 4 aromatic rings. The fourth-order valence-electron chi connectivity index (χ4n) is 4.36. The summed E-state index contributed by atoms with van der Waals surface area (Å²) in [7, 11) is -3.74. The molecule has 1 aromatic heterocycles. The molecule has 0 saturated heterocycles. The molecule has 0 bridgehead atoms. The van der Waals surface area contributed by atoms with Gasteiger partial charge in [0, 0.05) is 24.7 Å². The molecule has 0 spiro atoms. The Balaban J connectivity index is 1.33. The van der Waals surface area contributed by atoms with Gasteiger partial charge in [-0.1, -0.05) is 60.2 Å². The van der Waals surface area contributed by atoms with Gasteiger partial charge in [-0.15, -0.1) is 0 Å². The number of carbonyl (C=O) groups is 1. The number of fused-ring (bicyclic) bond motifs is 1. The summed E-state index contributed by atoms with van der Waals surface area (Å²) in [5, 5.41) is 7.19. The van der Waals surface area contributed by atoms with Gasteiger partial charge >= 0.3 is 0 Å². The topological polar surface area (TPSA) is 84.3 Å². The number of aromatic nitrogens is 2. The van der Waals surface area contributed by atoms with Crippen LogP contribution in [0.25, 0.3) is 0 Å². The monoisotopic (exact) mass is 486 g/mol. The van der Waals surface area contributed by atoms with Crippen LogP contribution < -0.4 is 5.32 Å². The molecular formula is C27H26N4O3S. The lowest BCUT2D eigenvalue weighted by Gasteiger charge is -2.28. The Morgan fingerprint density at radius 3 is 2.60 bits per heavy atom. The summed E-state index contributed by atoms with van der Waals surface area (Å²) in [5.41, 5.74) is 4.68. The van der Waals surface area contributed by atoms with E-state index in [9.17, 15) is 13.2 Å². The number of rotatable bonds is 6. The zero-order valence-corrected chi connectivity index (χ0v) is 20.2. The van der Waals surface area contributed by atoms with Gasteiger partial charge in [0.2, 0.25) is 10.0 Å². The van der Waals surface area contributed by atoms with E-state index in [1.165, 1.54) is 22.0 Å². The van der Waals surface area contributed by atoms with Crippen molar-refractivity contribution in [3.05, 3.63) is 113 Å². The van der Waals surface area contributed by atoms with Crippen LogP contribution in [-0.4, -0.2) is 35.0 Å². The normalized spacial score (nSPS) is 13.9. The maximum atomic E-state index is 13.4. The smallest absolute Gasteiger partial charge is 0.256 e. The van der Waals surface area contributed by atoms with Crippen molar-refractivity contribution in [1.82, 2.24) is 14.1 Å². The summed E-state index contributed by atoms with van der Waals surface area (Å²) >= 11 is 0. The minimum Gasteiger partial charge on any atom is -0.307 e. The highest BCUT2D eigenvalue weighted by molar-refractivity contribution is 7.89. The molecule has 1 aliphatic heterocycles. The van der Waals surface area contributed by atoms with E-state index in [4.69, 9.17) is 0 Å². The number of anilines is 1. The van der Waals surface area contributed by atoms with Gasteiger partial charge in [0.05, 0.1) is 17.6 Å². The standard InChI is InChI=1S/C27H26N4O3S/c1-20-6-4-7-21(16-20)18-31-26(12-14-28-31)29-27(32)23-10-5-11-25(17-23)35(33,34)30-15-13-22-8-2-3-9-24(22)19-30/h2-12,14,16-17H,13,15,18-19H2,1H3,(H,29,32). The highest BCUT2D eigenvalue weighted by Crippen LogP contribution is 2.25. The second kappa shape index (κ2) is 9.48. The highest BCUT2D eigenvalue weighted by atomic mass is 32.2. The van der Waals surface area contributed by atoms with Crippen molar-refractivity contribution in [2.75, 3.05) is 11.9 Å². The van der Waals surface area contributed by atoms with Crippen LogP contribution in [0.4, 0.5) is 5.82 Å². The molecule has 7 nitrogen and oxygen atoms in total. The number of nitrogens with zero attached hydrogens (tertiary/aromatic N) is 3. The van der Waals surface area contributed by atoms with E-state index in [0.29, 0.717) is 31.9 Å². The number of amides is 1. The number of sulfonamides is 1. The Bertz CT molecular complexity index is 1490. The van der Waals surface area contributed by atoms with E-state index in [1.54, 1.807) is 29.1 Å². The number of carbonyl (C=O) groups excluding carboxylic acids is 1. The highest BCUT2D eigenvalue weighted by Gasteiger charge is 2.28. The van der Waals surface area contributed by atoms with Crippen molar-refractivity contribution < 1.29 is 13.2 Å². The Hall–Kier alpha value is -3.75. The first-order valence-corrected chi connectivity index (χ1v) is 12.9. The van der Waals surface area contributed by atoms with Crippen LogP contribution >= 0.6 is 0 Å². The average Bonchev–Trinajstić information content (AvgIpc) is 3.30. The number of hydrogen-bond donors (Lipinski definition) is 1. The summed E-state index contributed by atoms with van der Waals surface area (Å²) in [6.07, 6.45) is 2.29. The molecule has 1 N–H and O–H groups in total. The van der Waals surface area contributed by atoms with Crippen LogP contribution in [0.5, 0.6) is 0 Å². The Morgan fingerprint density at radius 1 is 0.971 bits per heavy atom. The number of aryl methyl sites for hydroxylation is 1. The third-order valence-corrected chi connectivity index (χ3v) is 8.04. The second-order valence-electron chi connectivity index (χ2n) is 8.70. The third kappa shape index (κ3) is 4.89. The van der Waals surface area contributed by atoms with Crippen LogP contribution in [0.1, 0.15) is 32.6 Å². The molecule has 3 aromatic carbocycles. The van der Waals surface area contributed by atoms with Gasteiger partial charge in [0.15, 0.2) is 0 Å². The average molecular weight is 487 g/mol. The lowest BCUT2D eigenvalue weighted by Crippen LogP contribution is -2.36. The molecule has 35 heavy (non-hydrogen) atoms. The molecule has 0 fully saturated rings. The molecular weight excluding hydrogens is 460 g/mol. The summed E-state index contributed by atoms with van der Waals surface area (Å²) in [6, 6.07) is 23.9. The van der Waals surface area contributed by atoms with Crippen molar-refractivity contribution in [3.63, 3.8) is 0 Å². The van der Waals surface area contributed by atoms with E-state index in [2.05, 4.69) is 16.5 Å². The maximum Gasteiger partial charge on any atom is 0.256 e. The van der Waals surface area contributed by atoms with Gasteiger partial charge in [0.1, 0.15) is 5.82 Å². The molecule has 2 heterocycles. The molecule has 0 atom stereocenters. The fourth-order valence-corrected chi connectivity index (χ4v) is 5.82. The first kappa shape index (κ1) is 23.0.